The highest BCUT2D eigenvalue weighted by Crippen LogP contribution is 2.58. The molecule has 0 aromatic carbocycles. The molecular formula is C10H11BrN2O. The summed E-state index contributed by atoms with van der Waals surface area (Å²) >= 11 is 3.29. The van der Waals surface area contributed by atoms with Crippen LogP contribution in [-0.4, -0.2) is 15.1 Å². The quantitative estimate of drug-likeness (QED) is 0.833. The van der Waals surface area contributed by atoms with E-state index in [0.29, 0.717) is 5.82 Å². The minimum Gasteiger partial charge on any atom is -0.382 e. The summed E-state index contributed by atoms with van der Waals surface area (Å²) in [5.74, 6) is 2.05. The molecule has 2 aliphatic carbocycles. The fourth-order valence-electron chi connectivity index (χ4n) is 2.50. The third kappa shape index (κ3) is 1.28. The van der Waals surface area contributed by atoms with Gasteiger partial charge >= 0.3 is 0 Å². The van der Waals surface area contributed by atoms with Gasteiger partial charge in [0.2, 0.25) is 0 Å². The molecule has 0 aliphatic heterocycles. The molecule has 0 spiro atoms. The summed E-state index contributed by atoms with van der Waals surface area (Å²) in [6, 6.07) is 0. The van der Waals surface area contributed by atoms with Gasteiger partial charge in [0.05, 0.1) is 4.47 Å². The Balaban J connectivity index is 1.90. The summed E-state index contributed by atoms with van der Waals surface area (Å²) in [6.45, 7) is 0. The summed E-state index contributed by atoms with van der Waals surface area (Å²) in [6.07, 6.45) is 6.38. The lowest BCUT2D eigenvalue weighted by Crippen LogP contribution is -2.26. The van der Waals surface area contributed by atoms with E-state index in [2.05, 4.69) is 25.9 Å². The van der Waals surface area contributed by atoms with E-state index in [1.807, 2.05) is 0 Å². The normalized spacial score (nSPS) is 39.6. The number of fused-ring (bicyclic) bond motifs is 1. The lowest BCUT2D eigenvalue weighted by atomic mass is 9.97. The van der Waals surface area contributed by atoms with Crippen LogP contribution < -0.4 is 0 Å². The van der Waals surface area contributed by atoms with Crippen molar-refractivity contribution < 1.29 is 5.11 Å². The number of aliphatic hydroxyl groups is 1. The Kier molecular flexibility index (Phi) is 1.74. The van der Waals surface area contributed by atoms with Gasteiger partial charge in [-0.2, -0.15) is 0 Å². The van der Waals surface area contributed by atoms with Gasteiger partial charge in [-0.1, -0.05) is 0 Å². The summed E-state index contributed by atoms with van der Waals surface area (Å²) in [7, 11) is 0. The summed E-state index contributed by atoms with van der Waals surface area (Å²) < 4.78 is 0.855. The second kappa shape index (κ2) is 2.76. The van der Waals surface area contributed by atoms with Crippen molar-refractivity contribution in [2.24, 2.45) is 11.8 Å². The first-order chi connectivity index (χ1) is 6.67. The average Bonchev–Trinajstić information content (AvgIpc) is 2.76. The summed E-state index contributed by atoms with van der Waals surface area (Å²) in [5.41, 5.74) is -0.742. The Morgan fingerprint density at radius 1 is 1.29 bits per heavy atom. The third-order valence-corrected chi connectivity index (χ3v) is 3.71. The molecule has 2 unspecified atom stereocenters. The molecule has 2 fully saturated rings. The third-order valence-electron chi connectivity index (χ3n) is 3.31. The van der Waals surface area contributed by atoms with Crippen LogP contribution >= 0.6 is 15.9 Å². The van der Waals surface area contributed by atoms with Crippen LogP contribution in [0.1, 0.15) is 25.1 Å². The van der Waals surface area contributed by atoms with Gasteiger partial charge in [0, 0.05) is 12.4 Å². The maximum absolute atomic E-state index is 10.3. The second-order valence-electron chi connectivity index (χ2n) is 4.42. The molecule has 3 rings (SSSR count). The van der Waals surface area contributed by atoms with Gasteiger partial charge in [-0.3, -0.25) is 0 Å². The number of rotatable bonds is 1. The monoisotopic (exact) mass is 254 g/mol. The SMILES string of the molecule is OC1(c2ncc(Br)cn2)CC2CC2C1. The van der Waals surface area contributed by atoms with Crippen LogP contribution in [0.2, 0.25) is 0 Å². The molecule has 0 radical (unpaired) electrons. The Morgan fingerprint density at radius 3 is 2.43 bits per heavy atom. The van der Waals surface area contributed by atoms with Gasteiger partial charge in [-0.25, -0.2) is 9.97 Å². The fourth-order valence-corrected chi connectivity index (χ4v) is 2.70. The molecule has 0 amide bonds. The molecule has 4 heteroatoms. The van der Waals surface area contributed by atoms with E-state index < -0.39 is 5.60 Å². The molecule has 14 heavy (non-hydrogen) atoms. The Morgan fingerprint density at radius 2 is 1.86 bits per heavy atom. The number of aromatic nitrogens is 2. The molecule has 1 aromatic heterocycles. The van der Waals surface area contributed by atoms with E-state index in [0.717, 1.165) is 29.2 Å². The van der Waals surface area contributed by atoms with Gasteiger partial charge in [-0.15, -0.1) is 0 Å². The summed E-state index contributed by atoms with van der Waals surface area (Å²) in [5, 5.41) is 10.3. The number of hydrogen-bond donors (Lipinski definition) is 1. The highest BCUT2D eigenvalue weighted by Gasteiger charge is 2.55. The first kappa shape index (κ1) is 8.80. The molecule has 2 saturated carbocycles. The largest absolute Gasteiger partial charge is 0.382 e. The van der Waals surface area contributed by atoms with Crippen LogP contribution in [0.25, 0.3) is 0 Å². The zero-order valence-corrected chi connectivity index (χ0v) is 9.24. The number of hydrogen-bond acceptors (Lipinski definition) is 3. The van der Waals surface area contributed by atoms with Crippen LogP contribution in [0.5, 0.6) is 0 Å². The van der Waals surface area contributed by atoms with Crippen LogP contribution in [-0.2, 0) is 5.60 Å². The van der Waals surface area contributed by atoms with Gasteiger partial charge in [0.25, 0.3) is 0 Å². The van der Waals surface area contributed by atoms with Crippen LogP contribution in [0.3, 0.4) is 0 Å². The van der Waals surface area contributed by atoms with E-state index in [1.54, 1.807) is 12.4 Å². The Hall–Kier alpha value is -0.480. The molecule has 0 bridgehead atoms. The second-order valence-corrected chi connectivity index (χ2v) is 5.34. The van der Waals surface area contributed by atoms with Crippen molar-refractivity contribution in [2.45, 2.75) is 24.9 Å². The highest BCUT2D eigenvalue weighted by atomic mass is 79.9. The van der Waals surface area contributed by atoms with Crippen molar-refractivity contribution in [2.75, 3.05) is 0 Å². The smallest absolute Gasteiger partial charge is 0.160 e. The zero-order chi connectivity index (χ0) is 9.76. The topological polar surface area (TPSA) is 46.0 Å². The van der Waals surface area contributed by atoms with Crippen molar-refractivity contribution in [3.63, 3.8) is 0 Å². The molecule has 3 nitrogen and oxygen atoms in total. The van der Waals surface area contributed by atoms with Crippen molar-refractivity contribution in [1.29, 1.82) is 0 Å². The van der Waals surface area contributed by atoms with E-state index in [9.17, 15) is 5.11 Å². The number of nitrogens with zero attached hydrogens (tertiary/aromatic N) is 2. The lowest BCUT2D eigenvalue weighted by molar-refractivity contribution is 0.0220. The molecule has 74 valence electrons. The minimum absolute atomic E-state index is 0.591. The first-order valence-electron chi connectivity index (χ1n) is 4.88. The highest BCUT2D eigenvalue weighted by molar-refractivity contribution is 9.10. The van der Waals surface area contributed by atoms with Gasteiger partial charge < -0.3 is 5.11 Å². The van der Waals surface area contributed by atoms with Crippen molar-refractivity contribution in [3.8, 4) is 0 Å². The van der Waals surface area contributed by atoms with Gasteiger partial charge in [-0.05, 0) is 47.0 Å². The molecule has 1 N–H and O–H groups in total. The molecule has 0 saturated heterocycles. The lowest BCUT2D eigenvalue weighted by Gasteiger charge is -2.22. The van der Waals surface area contributed by atoms with Gasteiger partial charge in [0.1, 0.15) is 5.60 Å². The fraction of sp³-hybridized carbons (Fsp3) is 0.600. The Bertz CT molecular complexity index is 355. The molecule has 2 aliphatic rings. The van der Waals surface area contributed by atoms with E-state index >= 15 is 0 Å². The number of halogens is 1. The van der Waals surface area contributed by atoms with E-state index in [4.69, 9.17) is 0 Å². The molecular weight excluding hydrogens is 244 g/mol. The van der Waals surface area contributed by atoms with Crippen molar-refractivity contribution >= 4 is 15.9 Å². The molecule has 1 heterocycles. The standard InChI is InChI=1S/C10H11BrN2O/c11-8-4-12-9(13-5-8)10(14)2-6-1-7(6)3-10/h4-7,14H,1-3H2. The summed E-state index contributed by atoms with van der Waals surface area (Å²) in [4.78, 5) is 8.36. The van der Waals surface area contributed by atoms with Crippen molar-refractivity contribution in [3.05, 3.63) is 22.7 Å². The first-order valence-corrected chi connectivity index (χ1v) is 5.67. The predicted molar refractivity (Wildman–Crippen MR) is 54.5 cm³/mol. The maximum Gasteiger partial charge on any atom is 0.160 e. The van der Waals surface area contributed by atoms with Crippen molar-refractivity contribution in [1.82, 2.24) is 9.97 Å². The van der Waals surface area contributed by atoms with Crippen LogP contribution in [0, 0.1) is 11.8 Å². The van der Waals surface area contributed by atoms with E-state index in [-0.39, 0.29) is 0 Å². The zero-order valence-electron chi connectivity index (χ0n) is 7.65. The van der Waals surface area contributed by atoms with Gasteiger partial charge in [0.15, 0.2) is 5.82 Å². The Labute approximate surface area is 90.7 Å². The van der Waals surface area contributed by atoms with Crippen LogP contribution in [0.4, 0.5) is 0 Å². The molecule has 2 atom stereocenters. The minimum atomic E-state index is -0.742. The predicted octanol–water partition coefficient (Wildman–Crippen LogP) is 1.86. The molecule has 1 aromatic rings. The average molecular weight is 255 g/mol. The van der Waals surface area contributed by atoms with Crippen LogP contribution in [0.15, 0.2) is 16.9 Å². The maximum atomic E-state index is 10.3. The van der Waals surface area contributed by atoms with E-state index in [1.165, 1.54) is 6.42 Å².